The van der Waals surface area contributed by atoms with Crippen LogP contribution < -0.4 is 0 Å². The number of carboxylic acid groups (broad SMARTS) is 1. The average molecular weight is 259 g/mol. The normalized spacial score (nSPS) is 12.3. The van der Waals surface area contributed by atoms with Crippen LogP contribution in [0.1, 0.15) is 44.9 Å². The van der Waals surface area contributed by atoms with Gasteiger partial charge in [0.25, 0.3) is 0 Å². The van der Waals surface area contributed by atoms with Crippen molar-refractivity contribution in [3.63, 3.8) is 0 Å². The Labute approximate surface area is 113 Å². The molecule has 3 nitrogen and oxygen atoms in total. The number of carbonyl (C=O) groups is 1. The van der Waals surface area contributed by atoms with E-state index in [4.69, 9.17) is 0 Å². The number of hydrogen-bond donors (Lipinski definition) is 1. The molecule has 0 spiro atoms. The highest BCUT2D eigenvalue weighted by atomic mass is 16.4. The molecule has 102 valence electrons. The SMILES string of the molecule is Cc1cn(C(C)C)c2c(C(C)(C)C(=O)O)cccc12. The minimum atomic E-state index is -0.892. The standard InChI is InChI=1S/C16H21NO2/c1-10(2)17-9-11(3)12-7-6-8-13(14(12)17)16(4,5)15(18)19/h6-10H,1-5H3,(H,18,19). The van der Waals surface area contributed by atoms with Crippen molar-refractivity contribution < 1.29 is 9.90 Å². The first-order valence-corrected chi connectivity index (χ1v) is 6.61. The van der Waals surface area contributed by atoms with Crippen LogP contribution in [-0.2, 0) is 10.2 Å². The van der Waals surface area contributed by atoms with Crippen molar-refractivity contribution in [2.75, 3.05) is 0 Å². The van der Waals surface area contributed by atoms with Gasteiger partial charge >= 0.3 is 5.97 Å². The lowest BCUT2D eigenvalue weighted by Gasteiger charge is -2.23. The number of fused-ring (bicyclic) bond motifs is 1. The molecule has 3 heteroatoms. The van der Waals surface area contributed by atoms with E-state index >= 15 is 0 Å². The van der Waals surface area contributed by atoms with E-state index in [0.717, 1.165) is 16.5 Å². The second kappa shape index (κ2) is 4.41. The maximum atomic E-state index is 11.5. The summed E-state index contributed by atoms with van der Waals surface area (Å²) in [5.41, 5.74) is 2.21. The number of hydrogen-bond acceptors (Lipinski definition) is 1. The molecule has 2 aromatic rings. The topological polar surface area (TPSA) is 42.2 Å². The third-order valence-corrected chi connectivity index (χ3v) is 3.82. The van der Waals surface area contributed by atoms with Crippen molar-refractivity contribution in [2.45, 2.75) is 46.1 Å². The molecule has 1 heterocycles. The summed E-state index contributed by atoms with van der Waals surface area (Å²) < 4.78 is 2.17. The van der Waals surface area contributed by atoms with Crippen LogP contribution in [0.2, 0.25) is 0 Å². The largest absolute Gasteiger partial charge is 0.481 e. The number of benzene rings is 1. The minimum absolute atomic E-state index is 0.307. The highest BCUT2D eigenvalue weighted by Crippen LogP contribution is 2.34. The molecule has 2 rings (SSSR count). The Morgan fingerprint density at radius 3 is 2.47 bits per heavy atom. The van der Waals surface area contributed by atoms with E-state index in [1.165, 1.54) is 5.56 Å². The molecule has 0 saturated carbocycles. The van der Waals surface area contributed by atoms with Gasteiger partial charge < -0.3 is 9.67 Å². The average Bonchev–Trinajstić information content (AvgIpc) is 2.67. The smallest absolute Gasteiger partial charge is 0.313 e. The number of carboxylic acids is 1. The van der Waals surface area contributed by atoms with Crippen LogP contribution in [0.15, 0.2) is 24.4 Å². The van der Waals surface area contributed by atoms with E-state index in [1.54, 1.807) is 13.8 Å². The van der Waals surface area contributed by atoms with Crippen LogP contribution >= 0.6 is 0 Å². The van der Waals surface area contributed by atoms with Gasteiger partial charge in [0.2, 0.25) is 0 Å². The number of nitrogens with zero attached hydrogens (tertiary/aromatic N) is 1. The van der Waals surface area contributed by atoms with Crippen LogP contribution in [0, 0.1) is 6.92 Å². The molecule has 0 unspecified atom stereocenters. The molecule has 0 bridgehead atoms. The monoisotopic (exact) mass is 259 g/mol. The van der Waals surface area contributed by atoms with Gasteiger partial charge in [0.1, 0.15) is 0 Å². The maximum absolute atomic E-state index is 11.5. The molecule has 0 radical (unpaired) electrons. The minimum Gasteiger partial charge on any atom is -0.481 e. The van der Waals surface area contributed by atoms with E-state index in [1.807, 2.05) is 12.1 Å². The van der Waals surface area contributed by atoms with E-state index in [0.29, 0.717) is 6.04 Å². The zero-order valence-corrected chi connectivity index (χ0v) is 12.2. The molecule has 19 heavy (non-hydrogen) atoms. The van der Waals surface area contributed by atoms with Gasteiger partial charge in [0.15, 0.2) is 0 Å². The molecule has 1 N–H and O–H groups in total. The Morgan fingerprint density at radius 1 is 1.32 bits per heavy atom. The summed E-state index contributed by atoms with van der Waals surface area (Å²) in [4.78, 5) is 11.5. The van der Waals surface area contributed by atoms with E-state index in [-0.39, 0.29) is 0 Å². The zero-order valence-electron chi connectivity index (χ0n) is 12.2. The predicted molar refractivity (Wildman–Crippen MR) is 77.7 cm³/mol. The van der Waals surface area contributed by atoms with Gasteiger partial charge in [-0.15, -0.1) is 0 Å². The Bertz CT molecular complexity index is 635. The molecule has 0 amide bonds. The zero-order chi connectivity index (χ0) is 14.4. The fraction of sp³-hybridized carbons (Fsp3) is 0.438. The lowest BCUT2D eigenvalue weighted by Crippen LogP contribution is -2.29. The second-order valence-corrected chi connectivity index (χ2v) is 5.95. The Morgan fingerprint density at radius 2 is 1.95 bits per heavy atom. The molecular weight excluding hydrogens is 238 g/mol. The highest BCUT2D eigenvalue weighted by molar-refractivity contribution is 5.93. The first-order valence-electron chi connectivity index (χ1n) is 6.61. The van der Waals surface area contributed by atoms with E-state index in [9.17, 15) is 9.90 Å². The molecule has 0 aliphatic heterocycles. The van der Waals surface area contributed by atoms with Crippen LogP contribution in [0.3, 0.4) is 0 Å². The summed E-state index contributed by atoms with van der Waals surface area (Å²) in [5, 5.41) is 10.6. The molecule has 0 atom stereocenters. The van der Waals surface area contributed by atoms with Crippen molar-refractivity contribution in [1.29, 1.82) is 0 Å². The van der Waals surface area contributed by atoms with E-state index < -0.39 is 11.4 Å². The van der Waals surface area contributed by atoms with Crippen molar-refractivity contribution >= 4 is 16.9 Å². The first kappa shape index (κ1) is 13.7. The van der Waals surface area contributed by atoms with Crippen LogP contribution in [-0.4, -0.2) is 15.6 Å². The Balaban J connectivity index is 2.86. The van der Waals surface area contributed by atoms with Crippen molar-refractivity contribution in [2.24, 2.45) is 0 Å². The fourth-order valence-electron chi connectivity index (χ4n) is 2.51. The fourth-order valence-corrected chi connectivity index (χ4v) is 2.51. The van der Waals surface area contributed by atoms with Crippen LogP contribution in [0.5, 0.6) is 0 Å². The molecule has 0 aliphatic carbocycles. The molecule has 0 aliphatic rings. The summed E-state index contributed by atoms with van der Waals surface area (Å²) in [6.07, 6.45) is 2.11. The van der Waals surface area contributed by atoms with Gasteiger partial charge in [-0.1, -0.05) is 18.2 Å². The number of aromatic nitrogens is 1. The summed E-state index contributed by atoms with van der Waals surface area (Å²) in [6, 6.07) is 6.24. The van der Waals surface area contributed by atoms with Crippen molar-refractivity contribution in [3.05, 3.63) is 35.5 Å². The molecule has 0 fully saturated rings. The van der Waals surface area contributed by atoms with Gasteiger partial charge in [-0.3, -0.25) is 4.79 Å². The van der Waals surface area contributed by atoms with Crippen LogP contribution in [0.25, 0.3) is 10.9 Å². The Hall–Kier alpha value is -1.77. The summed E-state index contributed by atoms with van der Waals surface area (Å²) in [7, 11) is 0. The van der Waals surface area contributed by atoms with Gasteiger partial charge in [-0.25, -0.2) is 0 Å². The third kappa shape index (κ3) is 2.03. The summed E-state index contributed by atoms with van der Waals surface area (Å²) >= 11 is 0. The van der Waals surface area contributed by atoms with E-state index in [2.05, 4.69) is 37.6 Å². The lowest BCUT2D eigenvalue weighted by molar-refractivity contribution is -0.142. The number of rotatable bonds is 3. The molecule has 1 aromatic carbocycles. The number of aryl methyl sites for hydroxylation is 1. The van der Waals surface area contributed by atoms with Crippen molar-refractivity contribution in [1.82, 2.24) is 4.57 Å². The summed E-state index contributed by atoms with van der Waals surface area (Å²) in [5.74, 6) is -0.797. The quantitative estimate of drug-likeness (QED) is 0.908. The summed E-state index contributed by atoms with van der Waals surface area (Å²) in [6.45, 7) is 9.82. The second-order valence-electron chi connectivity index (χ2n) is 5.95. The number of para-hydroxylation sites is 1. The maximum Gasteiger partial charge on any atom is 0.313 e. The molecular formula is C16H21NO2. The molecule has 1 aromatic heterocycles. The van der Waals surface area contributed by atoms with Gasteiger partial charge in [0.05, 0.1) is 10.9 Å². The molecule has 0 saturated heterocycles. The van der Waals surface area contributed by atoms with Gasteiger partial charge in [-0.05, 0) is 45.7 Å². The Kier molecular flexibility index (Phi) is 3.17. The first-order chi connectivity index (χ1) is 8.76. The predicted octanol–water partition coefficient (Wildman–Crippen LogP) is 3.89. The number of aliphatic carboxylic acids is 1. The van der Waals surface area contributed by atoms with Crippen molar-refractivity contribution in [3.8, 4) is 0 Å². The third-order valence-electron chi connectivity index (χ3n) is 3.82. The van der Waals surface area contributed by atoms with Gasteiger partial charge in [-0.2, -0.15) is 0 Å². The highest BCUT2D eigenvalue weighted by Gasteiger charge is 2.32. The van der Waals surface area contributed by atoms with Gasteiger partial charge in [0, 0.05) is 17.6 Å². The lowest BCUT2D eigenvalue weighted by atomic mass is 9.83. The van der Waals surface area contributed by atoms with Crippen LogP contribution in [0.4, 0.5) is 0 Å².